The predicted octanol–water partition coefficient (Wildman–Crippen LogP) is 3.16. The van der Waals surface area contributed by atoms with Crippen LogP contribution in [0, 0.1) is 0 Å². The van der Waals surface area contributed by atoms with Crippen LogP contribution in [0.5, 0.6) is 5.88 Å². The topological polar surface area (TPSA) is 88.0 Å². The molecule has 1 aliphatic heterocycles. The van der Waals surface area contributed by atoms with E-state index in [4.69, 9.17) is 19.4 Å². The van der Waals surface area contributed by atoms with Crippen LogP contribution in [-0.2, 0) is 11.3 Å². The molecule has 8 nitrogen and oxygen atoms in total. The largest absolute Gasteiger partial charge is 0.469 e. The molecule has 0 bridgehead atoms. The highest BCUT2D eigenvalue weighted by molar-refractivity contribution is 5.84. The number of hydrogen-bond donors (Lipinski definition) is 1. The Kier molecular flexibility index (Phi) is 6.08. The number of amides is 1. The summed E-state index contributed by atoms with van der Waals surface area (Å²) in [5.74, 6) is 1.08. The molecule has 1 fully saturated rings. The maximum atomic E-state index is 12.5. The molecule has 1 aliphatic carbocycles. The number of piperazine rings is 1. The zero-order valence-corrected chi connectivity index (χ0v) is 18.2. The molecule has 3 aromatic rings. The summed E-state index contributed by atoms with van der Waals surface area (Å²) in [7, 11) is 0. The van der Waals surface area contributed by atoms with E-state index in [1.807, 2.05) is 60.7 Å². The van der Waals surface area contributed by atoms with Crippen LogP contribution >= 0.6 is 0 Å². The molecule has 2 aromatic carbocycles. The van der Waals surface area contributed by atoms with Crippen molar-refractivity contribution in [3.05, 3.63) is 72.3 Å². The number of fused-ring (bicyclic) bond motifs is 1. The van der Waals surface area contributed by atoms with Crippen LogP contribution in [0.1, 0.15) is 12.0 Å². The van der Waals surface area contributed by atoms with Gasteiger partial charge in [-0.05, 0) is 23.8 Å². The second-order valence-electron chi connectivity index (χ2n) is 8.20. The van der Waals surface area contributed by atoms with E-state index in [-0.39, 0.29) is 18.8 Å². The smallest absolute Gasteiger partial charge is 0.410 e. The van der Waals surface area contributed by atoms with E-state index >= 15 is 0 Å². The van der Waals surface area contributed by atoms with Crippen molar-refractivity contribution in [2.45, 2.75) is 25.2 Å². The number of aliphatic hydroxyl groups excluding tert-OH is 1. The molecule has 2 heterocycles. The molecule has 33 heavy (non-hydrogen) atoms. The van der Waals surface area contributed by atoms with Gasteiger partial charge in [0, 0.05) is 32.6 Å². The Morgan fingerprint density at radius 3 is 2.48 bits per heavy atom. The van der Waals surface area contributed by atoms with E-state index in [1.54, 1.807) is 11.0 Å². The van der Waals surface area contributed by atoms with Gasteiger partial charge in [-0.15, -0.1) is 0 Å². The SMILES string of the molecule is O=C(OCc1ccccc1)N1CCN(c2nc(OC3C=CC(O)C3)c3ccccc3n2)CC1. The number of carbonyl (C=O) groups is 1. The summed E-state index contributed by atoms with van der Waals surface area (Å²) < 4.78 is 11.6. The molecular weight excluding hydrogens is 420 g/mol. The summed E-state index contributed by atoms with van der Waals surface area (Å²) in [6.07, 6.45) is 3.09. The molecule has 0 saturated carbocycles. The third kappa shape index (κ3) is 4.90. The number of nitrogens with zero attached hydrogens (tertiary/aromatic N) is 4. The molecular formula is C25H26N4O4. The third-order valence-electron chi connectivity index (χ3n) is 5.87. The minimum absolute atomic E-state index is 0.220. The van der Waals surface area contributed by atoms with Crippen molar-refractivity contribution in [1.82, 2.24) is 14.9 Å². The minimum Gasteiger partial charge on any atom is -0.469 e. The normalized spacial score (nSPS) is 20.3. The van der Waals surface area contributed by atoms with E-state index in [0.717, 1.165) is 16.5 Å². The van der Waals surface area contributed by atoms with Crippen LogP contribution < -0.4 is 9.64 Å². The maximum Gasteiger partial charge on any atom is 0.410 e. The fraction of sp³-hybridized carbons (Fsp3) is 0.320. The van der Waals surface area contributed by atoms with Crippen molar-refractivity contribution in [3.8, 4) is 5.88 Å². The molecule has 2 aliphatic rings. The number of anilines is 1. The van der Waals surface area contributed by atoms with Crippen molar-refractivity contribution < 1.29 is 19.4 Å². The van der Waals surface area contributed by atoms with E-state index in [1.165, 1.54) is 0 Å². The summed E-state index contributed by atoms with van der Waals surface area (Å²) in [5.41, 5.74) is 1.76. The number of hydrogen-bond acceptors (Lipinski definition) is 7. The number of benzene rings is 2. The predicted molar refractivity (Wildman–Crippen MR) is 124 cm³/mol. The van der Waals surface area contributed by atoms with Gasteiger partial charge in [0.2, 0.25) is 11.8 Å². The number of aliphatic hydroxyl groups is 1. The van der Waals surface area contributed by atoms with Gasteiger partial charge in [0.1, 0.15) is 12.7 Å². The summed E-state index contributed by atoms with van der Waals surface area (Å²) in [4.78, 5) is 25.7. The number of rotatable bonds is 5. The van der Waals surface area contributed by atoms with Crippen LogP contribution in [0.25, 0.3) is 10.9 Å². The van der Waals surface area contributed by atoms with Gasteiger partial charge in [-0.25, -0.2) is 9.78 Å². The van der Waals surface area contributed by atoms with E-state index in [2.05, 4.69) is 4.90 Å². The lowest BCUT2D eigenvalue weighted by Crippen LogP contribution is -2.49. The lowest BCUT2D eigenvalue weighted by molar-refractivity contribution is 0.0940. The fourth-order valence-electron chi connectivity index (χ4n) is 4.04. The first-order chi connectivity index (χ1) is 16.2. The Bertz CT molecular complexity index is 1150. The van der Waals surface area contributed by atoms with Crippen molar-refractivity contribution in [1.29, 1.82) is 0 Å². The molecule has 8 heteroatoms. The highest BCUT2D eigenvalue weighted by atomic mass is 16.6. The van der Waals surface area contributed by atoms with Crippen molar-refractivity contribution in [2.75, 3.05) is 31.1 Å². The van der Waals surface area contributed by atoms with Gasteiger partial charge in [0.15, 0.2) is 0 Å². The number of carbonyl (C=O) groups excluding carboxylic acids is 1. The lowest BCUT2D eigenvalue weighted by atomic mass is 10.2. The first-order valence-electron chi connectivity index (χ1n) is 11.2. The monoisotopic (exact) mass is 446 g/mol. The zero-order chi connectivity index (χ0) is 22.6. The molecule has 1 aromatic heterocycles. The minimum atomic E-state index is -0.489. The van der Waals surface area contributed by atoms with E-state index in [9.17, 15) is 9.90 Å². The Hall–Kier alpha value is -3.65. The van der Waals surface area contributed by atoms with Crippen molar-refractivity contribution in [2.24, 2.45) is 0 Å². The van der Waals surface area contributed by atoms with Crippen molar-refractivity contribution >= 4 is 22.9 Å². The number of para-hydroxylation sites is 1. The molecule has 0 spiro atoms. The van der Waals surface area contributed by atoms with Crippen LogP contribution in [0.4, 0.5) is 10.7 Å². The summed E-state index contributed by atoms with van der Waals surface area (Å²) in [5, 5.41) is 10.6. The van der Waals surface area contributed by atoms with Gasteiger partial charge in [-0.2, -0.15) is 4.98 Å². The first kappa shape index (κ1) is 21.2. The van der Waals surface area contributed by atoms with Crippen LogP contribution in [0.2, 0.25) is 0 Å². The zero-order valence-electron chi connectivity index (χ0n) is 18.2. The standard InChI is InChI=1S/C25H26N4O4/c30-19-10-11-20(16-19)33-23-21-8-4-5-9-22(21)26-24(27-23)28-12-14-29(15-13-28)25(31)32-17-18-6-2-1-3-7-18/h1-11,19-20,30H,12-17H2. The second kappa shape index (κ2) is 9.46. The Morgan fingerprint density at radius 1 is 0.970 bits per heavy atom. The molecule has 1 N–H and O–H groups in total. The van der Waals surface area contributed by atoms with E-state index in [0.29, 0.717) is 44.4 Å². The molecule has 5 rings (SSSR count). The average molecular weight is 447 g/mol. The molecule has 0 radical (unpaired) electrons. The first-order valence-corrected chi connectivity index (χ1v) is 11.2. The lowest BCUT2D eigenvalue weighted by Gasteiger charge is -2.34. The van der Waals surface area contributed by atoms with Gasteiger partial charge < -0.3 is 24.4 Å². The summed E-state index contributed by atoms with van der Waals surface area (Å²) in [6, 6.07) is 17.4. The molecule has 2 unspecified atom stereocenters. The average Bonchev–Trinajstić information content (AvgIpc) is 3.27. The maximum absolute atomic E-state index is 12.5. The van der Waals surface area contributed by atoms with Gasteiger partial charge in [-0.3, -0.25) is 0 Å². The van der Waals surface area contributed by atoms with Gasteiger partial charge >= 0.3 is 6.09 Å². The number of ether oxygens (including phenoxy) is 2. The van der Waals surface area contributed by atoms with Gasteiger partial charge in [-0.1, -0.05) is 48.5 Å². The Labute approximate surface area is 192 Å². The Morgan fingerprint density at radius 2 is 1.73 bits per heavy atom. The highest BCUT2D eigenvalue weighted by Gasteiger charge is 2.26. The highest BCUT2D eigenvalue weighted by Crippen LogP contribution is 2.28. The van der Waals surface area contributed by atoms with Crippen LogP contribution in [0.3, 0.4) is 0 Å². The van der Waals surface area contributed by atoms with Crippen LogP contribution in [-0.4, -0.2) is 64.5 Å². The molecule has 1 amide bonds. The van der Waals surface area contributed by atoms with Gasteiger partial charge in [0.05, 0.1) is 17.0 Å². The number of aromatic nitrogens is 2. The second-order valence-corrected chi connectivity index (χ2v) is 8.20. The summed E-state index contributed by atoms with van der Waals surface area (Å²) >= 11 is 0. The quantitative estimate of drug-likeness (QED) is 0.603. The summed E-state index contributed by atoms with van der Waals surface area (Å²) in [6.45, 7) is 2.51. The van der Waals surface area contributed by atoms with Gasteiger partial charge in [0.25, 0.3) is 0 Å². The van der Waals surface area contributed by atoms with Crippen LogP contribution in [0.15, 0.2) is 66.7 Å². The fourth-order valence-corrected chi connectivity index (χ4v) is 4.04. The Balaban J connectivity index is 1.25. The van der Waals surface area contributed by atoms with E-state index < -0.39 is 6.10 Å². The molecule has 170 valence electrons. The third-order valence-corrected chi connectivity index (χ3v) is 5.87. The molecule has 2 atom stereocenters. The van der Waals surface area contributed by atoms with Crippen molar-refractivity contribution in [3.63, 3.8) is 0 Å². The molecule has 1 saturated heterocycles.